The van der Waals surface area contributed by atoms with Crippen molar-refractivity contribution in [1.82, 2.24) is 15.2 Å². The highest BCUT2D eigenvalue weighted by atomic mass is 16.5. The molecule has 0 radical (unpaired) electrons. The molecule has 1 amide bonds. The number of likely N-dealkylation sites (tertiary alicyclic amines) is 1. The van der Waals surface area contributed by atoms with Gasteiger partial charge in [0.2, 0.25) is 5.91 Å². The molecule has 6 heteroatoms. The first-order valence-electron chi connectivity index (χ1n) is 8.16. The van der Waals surface area contributed by atoms with Gasteiger partial charge in [-0.1, -0.05) is 0 Å². The number of hydrogen-bond donors (Lipinski definition) is 1. The maximum absolute atomic E-state index is 12.2. The van der Waals surface area contributed by atoms with E-state index >= 15 is 0 Å². The van der Waals surface area contributed by atoms with Crippen LogP contribution < -0.4 is 5.32 Å². The Balaban J connectivity index is 1.58. The summed E-state index contributed by atoms with van der Waals surface area (Å²) in [6.07, 6.45) is 4.19. The molecule has 2 fully saturated rings. The number of pyridine rings is 1. The van der Waals surface area contributed by atoms with Gasteiger partial charge in [0.05, 0.1) is 19.8 Å². The Hall–Kier alpha value is -1.50. The van der Waals surface area contributed by atoms with E-state index in [1.54, 1.807) is 7.11 Å². The van der Waals surface area contributed by atoms with Crippen LogP contribution in [0.3, 0.4) is 0 Å². The molecule has 3 rings (SSSR count). The zero-order valence-corrected chi connectivity index (χ0v) is 13.7. The summed E-state index contributed by atoms with van der Waals surface area (Å²) < 4.78 is 10.7. The van der Waals surface area contributed by atoms with Gasteiger partial charge in [0.25, 0.3) is 0 Å². The number of rotatable bonds is 7. The number of fused-ring (bicyclic) bond motifs is 1. The molecule has 0 bridgehead atoms. The SMILES string of the molecule is COCCNC(=O)C[C@]12COC[C@H]1CN(Cc1ccncc1)C2. The number of ether oxygens (including phenoxy) is 2. The minimum Gasteiger partial charge on any atom is -0.383 e. The van der Waals surface area contributed by atoms with Crippen molar-refractivity contribution in [1.29, 1.82) is 0 Å². The minimum absolute atomic E-state index is 0.0375. The summed E-state index contributed by atoms with van der Waals surface area (Å²) >= 11 is 0. The van der Waals surface area contributed by atoms with Gasteiger partial charge in [-0.2, -0.15) is 0 Å². The second kappa shape index (κ2) is 7.38. The van der Waals surface area contributed by atoms with E-state index in [4.69, 9.17) is 9.47 Å². The fraction of sp³-hybridized carbons (Fsp3) is 0.647. The van der Waals surface area contributed by atoms with Crippen LogP contribution in [0, 0.1) is 11.3 Å². The van der Waals surface area contributed by atoms with E-state index in [0.29, 0.717) is 32.1 Å². The predicted octanol–water partition coefficient (Wildman–Crippen LogP) is 0.683. The zero-order valence-electron chi connectivity index (χ0n) is 13.7. The topological polar surface area (TPSA) is 63.7 Å². The van der Waals surface area contributed by atoms with Gasteiger partial charge in [-0.25, -0.2) is 0 Å². The Bertz CT molecular complexity index is 525. The number of hydrogen-bond acceptors (Lipinski definition) is 5. The third-order valence-electron chi connectivity index (χ3n) is 4.89. The number of amides is 1. The lowest BCUT2D eigenvalue weighted by atomic mass is 9.78. The van der Waals surface area contributed by atoms with Gasteiger partial charge in [0.1, 0.15) is 0 Å². The lowest BCUT2D eigenvalue weighted by molar-refractivity contribution is -0.123. The second-order valence-corrected chi connectivity index (χ2v) is 6.62. The van der Waals surface area contributed by atoms with Crippen LogP contribution in [0.5, 0.6) is 0 Å². The molecular weight excluding hydrogens is 294 g/mol. The molecule has 2 atom stereocenters. The largest absolute Gasteiger partial charge is 0.383 e. The lowest BCUT2D eigenvalue weighted by Gasteiger charge is -2.26. The normalized spacial score (nSPS) is 27.1. The average molecular weight is 319 g/mol. The average Bonchev–Trinajstić information content (AvgIpc) is 3.04. The number of nitrogens with one attached hydrogen (secondary N) is 1. The number of aromatic nitrogens is 1. The Morgan fingerprint density at radius 2 is 2.35 bits per heavy atom. The Morgan fingerprint density at radius 1 is 1.52 bits per heavy atom. The minimum atomic E-state index is -0.0375. The van der Waals surface area contributed by atoms with Crippen molar-refractivity contribution in [2.75, 3.05) is 46.6 Å². The molecule has 2 aliphatic rings. The zero-order chi connectivity index (χ0) is 16.1. The first-order valence-corrected chi connectivity index (χ1v) is 8.16. The standard InChI is InChI=1S/C17H25N3O3/c1-22-7-6-19-16(21)8-17-12-20(10-15(17)11-23-13-17)9-14-2-4-18-5-3-14/h2-5,15H,6-13H2,1H3,(H,19,21)/t15-,17+/m1/s1. The Kier molecular flexibility index (Phi) is 5.25. The third-order valence-corrected chi connectivity index (χ3v) is 4.89. The summed E-state index contributed by atoms with van der Waals surface area (Å²) in [5, 5.41) is 2.94. The van der Waals surface area contributed by atoms with Crippen molar-refractivity contribution in [3.63, 3.8) is 0 Å². The second-order valence-electron chi connectivity index (χ2n) is 6.62. The van der Waals surface area contributed by atoms with Crippen LogP contribution in [-0.4, -0.2) is 62.4 Å². The fourth-order valence-corrected chi connectivity index (χ4v) is 3.73. The molecule has 1 N–H and O–H groups in total. The summed E-state index contributed by atoms with van der Waals surface area (Å²) in [7, 11) is 1.64. The van der Waals surface area contributed by atoms with E-state index in [9.17, 15) is 4.79 Å². The summed E-state index contributed by atoms with van der Waals surface area (Å²) in [6.45, 7) is 5.38. The quantitative estimate of drug-likeness (QED) is 0.749. The summed E-state index contributed by atoms with van der Waals surface area (Å²) in [6, 6.07) is 4.10. The molecule has 1 aromatic heterocycles. The van der Waals surface area contributed by atoms with Crippen molar-refractivity contribution in [2.24, 2.45) is 11.3 Å². The number of nitrogens with zero attached hydrogens (tertiary/aromatic N) is 2. The maximum Gasteiger partial charge on any atom is 0.220 e. The van der Waals surface area contributed by atoms with Crippen LogP contribution in [0.25, 0.3) is 0 Å². The monoisotopic (exact) mass is 319 g/mol. The van der Waals surface area contributed by atoms with Crippen LogP contribution in [0.1, 0.15) is 12.0 Å². The van der Waals surface area contributed by atoms with E-state index in [2.05, 4.69) is 27.3 Å². The molecule has 0 aliphatic carbocycles. The molecule has 3 heterocycles. The fourth-order valence-electron chi connectivity index (χ4n) is 3.73. The van der Waals surface area contributed by atoms with E-state index in [-0.39, 0.29) is 11.3 Å². The van der Waals surface area contributed by atoms with E-state index in [0.717, 1.165) is 26.2 Å². The van der Waals surface area contributed by atoms with Gasteiger partial charge < -0.3 is 14.8 Å². The molecule has 0 saturated carbocycles. The van der Waals surface area contributed by atoms with Gasteiger partial charge in [-0.15, -0.1) is 0 Å². The number of methoxy groups -OCH3 is 1. The van der Waals surface area contributed by atoms with Crippen LogP contribution in [0.2, 0.25) is 0 Å². The van der Waals surface area contributed by atoms with Gasteiger partial charge in [-0.3, -0.25) is 14.7 Å². The van der Waals surface area contributed by atoms with Crippen molar-refractivity contribution in [2.45, 2.75) is 13.0 Å². The first kappa shape index (κ1) is 16.4. The lowest BCUT2D eigenvalue weighted by Crippen LogP contribution is -2.38. The summed E-state index contributed by atoms with van der Waals surface area (Å²) in [5.74, 6) is 0.542. The van der Waals surface area contributed by atoms with Gasteiger partial charge >= 0.3 is 0 Å². The predicted molar refractivity (Wildman–Crippen MR) is 85.8 cm³/mol. The van der Waals surface area contributed by atoms with Crippen LogP contribution in [0.15, 0.2) is 24.5 Å². The molecule has 1 aromatic rings. The number of carbonyl (C=O) groups excluding carboxylic acids is 1. The smallest absolute Gasteiger partial charge is 0.220 e. The Morgan fingerprint density at radius 3 is 3.13 bits per heavy atom. The van der Waals surface area contributed by atoms with Crippen molar-refractivity contribution < 1.29 is 14.3 Å². The molecule has 0 unspecified atom stereocenters. The Labute approximate surface area is 137 Å². The first-order chi connectivity index (χ1) is 11.2. The molecule has 2 saturated heterocycles. The molecule has 126 valence electrons. The van der Waals surface area contributed by atoms with Crippen LogP contribution in [-0.2, 0) is 20.8 Å². The van der Waals surface area contributed by atoms with Gasteiger partial charge in [0, 0.05) is 63.4 Å². The van der Waals surface area contributed by atoms with Gasteiger partial charge in [0.15, 0.2) is 0 Å². The highest BCUT2D eigenvalue weighted by Gasteiger charge is 2.51. The van der Waals surface area contributed by atoms with Crippen molar-refractivity contribution in [3.05, 3.63) is 30.1 Å². The van der Waals surface area contributed by atoms with Crippen molar-refractivity contribution >= 4 is 5.91 Å². The van der Waals surface area contributed by atoms with E-state index in [1.807, 2.05) is 12.4 Å². The van der Waals surface area contributed by atoms with E-state index < -0.39 is 0 Å². The summed E-state index contributed by atoms with van der Waals surface area (Å²) in [5.41, 5.74) is 1.23. The van der Waals surface area contributed by atoms with Crippen LogP contribution >= 0.6 is 0 Å². The molecule has 23 heavy (non-hydrogen) atoms. The summed E-state index contributed by atoms with van der Waals surface area (Å²) in [4.78, 5) is 18.7. The number of carbonyl (C=O) groups is 1. The van der Waals surface area contributed by atoms with Crippen molar-refractivity contribution in [3.8, 4) is 0 Å². The van der Waals surface area contributed by atoms with Crippen LogP contribution in [0.4, 0.5) is 0 Å². The third kappa shape index (κ3) is 3.88. The van der Waals surface area contributed by atoms with Gasteiger partial charge in [-0.05, 0) is 17.7 Å². The maximum atomic E-state index is 12.2. The molecule has 6 nitrogen and oxygen atoms in total. The molecule has 0 aromatic carbocycles. The highest BCUT2D eigenvalue weighted by molar-refractivity contribution is 5.76. The molecular formula is C17H25N3O3. The highest BCUT2D eigenvalue weighted by Crippen LogP contribution is 2.44. The molecule has 0 spiro atoms. The van der Waals surface area contributed by atoms with E-state index in [1.165, 1.54) is 5.56 Å². The molecule has 2 aliphatic heterocycles.